The second-order valence-corrected chi connectivity index (χ2v) is 7.14. The van der Waals surface area contributed by atoms with Gasteiger partial charge in [-0.15, -0.1) is 11.3 Å². The first-order valence-electron chi connectivity index (χ1n) is 7.09. The summed E-state index contributed by atoms with van der Waals surface area (Å²) in [5, 5.41) is 4.94. The van der Waals surface area contributed by atoms with Gasteiger partial charge in [-0.1, -0.05) is 29.8 Å². The van der Waals surface area contributed by atoms with Crippen molar-refractivity contribution in [3.8, 4) is 0 Å². The summed E-state index contributed by atoms with van der Waals surface area (Å²) in [6, 6.07) is 12.9. The average Bonchev–Trinajstić information content (AvgIpc) is 3.02. The van der Waals surface area contributed by atoms with Crippen molar-refractivity contribution < 1.29 is 0 Å². The van der Waals surface area contributed by atoms with Gasteiger partial charge in [-0.05, 0) is 37.6 Å². The number of hydrogen-bond acceptors (Lipinski definition) is 2. The predicted molar refractivity (Wildman–Crippen MR) is 92.2 cm³/mol. The summed E-state index contributed by atoms with van der Waals surface area (Å²) in [5.74, 6) is 0. The third-order valence-electron chi connectivity index (χ3n) is 4.10. The highest BCUT2D eigenvalue weighted by atomic mass is 35.5. The molecule has 0 fully saturated rings. The minimum atomic E-state index is 0.305. The van der Waals surface area contributed by atoms with E-state index in [1.54, 1.807) is 11.3 Å². The Morgan fingerprint density at radius 3 is 2.67 bits per heavy atom. The minimum Gasteiger partial charge on any atom is -0.346 e. The van der Waals surface area contributed by atoms with E-state index in [0.717, 1.165) is 10.9 Å². The summed E-state index contributed by atoms with van der Waals surface area (Å²) in [6.07, 6.45) is 0. The molecule has 0 amide bonds. The number of nitrogens with zero attached hydrogens (tertiary/aromatic N) is 1. The number of halogens is 1. The fourth-order valence-electron chi connectivity index (χ4n) is 2.80. The van der Waals surface area contributed by atoms with Crippen LogP contribution in [0.2, 0.25) is 4.34 Å². The van der Waals surface area contributed by atoms with Crippen molar-refractivity contribution in [2.45, 2.75) is 26.4 Å². The minimum absolute atomic E-state index is 0.305. The van der Waals surface area contributed by atoms with Gasteiger partial charge in [0, 0.05) is 41.1 Å². The number of aryl methyl sites for hydroxylation is 2. The maximum Gasteiger partial charge on any atom is 0.0931 e. The largest absolute Gasteiger partial charge is 0.346 e. The van der Waals surface area contributed by atoms with Crippen LogP contribution in [-0.4, -0.2) is 4.57 Å². The Balaban J connectivity index is 1.82. The van der Waals surface area contributed by atoms with Crippen molar-refractivity contribution in [2.75, 3.05) is 0 Å². The van der Waals surface area contributed by atoms with E-state index < -0.39 is 0 Å². The van der Waals surface area contributed by atoms with E-state index in [0.29, 0.717) is 6.04 Å². The van der Waals surface area contributed by atoms with Crippen molar-refractivity contribution in [1.29, 1.82) is 0 Å². The van der Waals surface area contributed by atoms with Gasteiger partial charge in [0.2, 0.25) is 0 Å². The van der Waals surface area contributed by atoms with E-state index >= 15 is 0 Å². The SMILES string of the molecule is Cc1c(CNC(C)c2ccc(Cl)s2)n(C)c2ccccc12. The van der Waals surface area contributed by atoms with Crippen LogP contribution in [0.4, 0.5) is 0 Å². The summed E-state index contributed by atoms with van der Waals surface area (Å²) >= 11 is 7.65. The molecule has 3 aromatic rings. The fourth-order valence-corrected chi connectivity index (χ4v) is 3.89. The quantitative estimate of drug-likeness (QED) is 0.712. The maximum atomic E-state index is 6.01. The lowest BCUT2D eigenvalue weighted by Crippen LogP contribution is -2.19. The van der Waals surface area contributed by atoms with Gasteiger partial charge in [-0.2, -0.15) is 0 Å². The molecule has 0 aliphatic rings. The molecule has 1 aromatic carbocycles. The zero-order valence-corrected chi connectivity index (χ0v) is 14.1. The van der Waals surface area contributed by atoms with Gasteiger partial charge < -0.3 is 9.88 Å². The standard InChI is InChI=1S/C17H19ClN2S/c1-11-13-6-4-5-7-14(13)20(3)15(11)10-19-12(2)16-8-9-17(18)21-16/h4-9,12,19H,10H2,1-3H3. The van der Waals surface area contributed by atoms with Gasteiger partial charge in [0.25, 0.3) is 0 Å². The molecule has 2 aromatic heterocycles. The van der Waals surface area contributed by atoms with Crippen LogP contribution in [0.1, 0.15) is 29.1 Å². The number of rotatable bonds is 4. The molecule has 0 aliphatic heterocycles. The van der Waals surface area contributed by atoms with Crippen LogP contribution in [0.25, 0.3) is 10.9 Å². The van der Waals surface area contributed by atoms with E-state index in [2.05, 4.69) is 61.1 Å². The molecule has 4 heteroatoms. The Morgan fingerprint density at radius 2 is 2.00 bits per heavy atom. The molecule has 2 heterocycles. The molecule has 1 N–H and O–H groups in total. The van der Waals surface area contributed by atoms with Crippen molar-refractivity contribution in [2.24, 2.45) is 7.05 Å². The van der Waals surface area contributed by atoms with Crippen molar-refractivity contribution in [3.63, 3.8) is 0 Å². The van der Waals surface area contributed by atoms with Crippen LogP contribution in [0.15, 0.2) is 36.4 Å². The molecular formula is C17H19ClN2S. The Kier molecular flexibility index (Phi) is 4.07. The molecular weight excluding hydrogens is 300 g/mol. The maximum absolute atomic E-state index is 6.01. The van der Waals surface area contributed by atoms with Crippen LogP contribution in [0, 0.1) is 6.92 Å². The first-order chi connectivity index (χ1) is 10.1. The van der Waals surface area contributed by atoms with E-state index in [4.69, 9.17) is 11.6 Å². The van der Waals surface area contributed by atoms with Crippen LogP contribution in [0.5, 0.6) is 0 Å². The number of aromatic nitrogens is 1. The summed E-state index contributed by atoms with van der Waals surface area (Å²) in [6.45, 7) is 5.24. The smallest absolute Gasteiger partial charge is 0.0931 e. The van der Waals surface area contributed by atoms with Gasteiger partial charge >= 0.3 is 0 Å². The zero-order valence-electron chi connectivity index (χ0n) is 12.5. The van der Waals surface area contributed by atoms with Gasteiger partial charge in [0.15, 0.2) is 0 Å². The second kappa shape index (κ2) is 5.84. The lowest BCUT2D eigenvalue weighted by Gasteiger charge is -2.13. The zero-order chi connectivity index (χ0) is 15.0. The Labute approximate surface area is 134 Å². The van der Waals surface area contributed by atoms with Crippen LogP contribution < -0.4 is 5.32 Å². The Hall–Kier alpha value is -1.29. The van der Waals surface area contributed by atoms with Gasteiger partial charge in [-0.25, -0.2) is 0 Å². The molecule has 1 unspecified atom stereocenters. The molecule has 1 atom stereocenters. The topological polar surface area (TPSA) is 17.0 Å². The summed E-state index contributed by atoms with van der Waals surface area (Å²) in [5.41, 5.74) is 3.99. The van der Waals surface area contributed by atoms with Crippen molar-refractivity contribution >= 4 is 33.8 Å². The van der Waals surface area contributed by atoms with E-state index in [-0.39, 0.29) is 0 Å². The normalized spacial score (nSPS) is 13.0. The fraction of sp³-hybridized carbons (Fsp3) is 0.294. The molecule has 110 valence electrons. The number of para-hydroxylation sites is 1. The summed E-state index contributed by atoms with van der Waals surface area (Å²) in [7, 11) is 2.14. The average molecular weight is 319 g/mol. The third-order valence-corrected chi connectivity index (χ3v) is 5.52. The first-order valence-corrected chi connectivity index (χ1v) is 8.29. The van der Waals surface area contributed by atoms with Crippen LogP contribution in [0.3, 0.4) is 0 Å². The highest BCUT2D eigenvalue weighted by molar-refractivity contribution is 7.16. The Morgan fingerprint density at radius 1 is 1.24 bits per heavy atom. The summed E-state index contributed by atoms with van der Waals surface area (Å²) < 4.78 is 3.13. The van der Waals surface area contributed by atoms with Gasteiger partial charge in [-0.3, -0.25) is 0 Å². The van der Waals surface area contributed by atoms with Crippen LogP contribution >= 0.6 is 22.9 Å². The van der Waals surface area contributed by atoms with E-state index in [9.17, 15) is 0 Å². The summed E-state index contributed by atoms with van der Waals surface area (Å²) in [4.78, 5) is 1.27. The highest BCUT2D eigenvalue weighted by Crippen LogP contribution is 2.28. The monoisotopic (exact) mass is 318 g/mol. The molecule has 0 radical (unpaired) electrons. The lowest BCUT2D eigenvalue weighted by atomic mass is 10.1. The Bertz CT molecular complexity index is 733. The molecule has 2 nitrogen and oxygen atoms in total. The molecule has 3 rings (SSSR count). The van der Waals surface area contributed by atoms with E-state index in [1.165, 1.54) is 27.0 Å². The molecule has 0 saturated heterocycles. The van der Waals surface area contributed by atoms with Crippen LogP contribution in [-0.2, 0) is 13.6 Å². The number of thiophene rings is 1. The predicted octanol–water partition coefficient (Wildman–Crippen LogP) is 5.05. The van der Waals surface area contributed by atoms with Gasteiger partial charge in [0.1, 0.15) is 0 Å². The number of fused-ring (bicyclic) bond motifs is 1. The second-order valence-electron chi connectivity index (χ2n) is 5.39. The molecule has 0 spiro atoms. The number of nitrogens with one attached hydrogen (secondary N) is 1. The molecule has 0 bridgehead atoms. The third kappa shape index (κ3) is 2.73. The molecule has 0 saturated carbocycles. The lowest BCUT2D eigenvalue weighted by molar-refractivity contribution is 0.565. The van der Waals surface area contributed by atoms with Gasteiger partial charge in [0.05, 0.1) is 4.34 Å². The molecule has 21 heavy (non-hydrogen) atoms. The van der Waals surface area contributed by atoms with E-state index in [1.807, 2.05) is 6.07 Å². The molecule has 0 aliphatic carbocycles. The first kappa shape index (κ1) is 14.6. The highest BCUT2D eigenvalue weighted by Gasteiger charge is 2.13. The number of benzene rings is 1. The van der Waals surface area contributed by atoms with Crippen molar-refractivity contribution in [1.82, 2.24) is 9.88 Å². The van der Waals surface area contributed by atoms with Crippen molar-refractivity contribution in [3.05, 3.63) is 56.9 Å². The number of hydrogen-bond donors (Lipinski definition) is 1.